The fraction of sp³-hybridized carbons (Fsp3) is 0.617. The van der Waals surface area contributed by atoms with Gasteiger partial charge in [-0.15, -0.1) is 0 Å². The molecule has 66 heavy (non-hydrogen) atoms. The van der Waals surface area contributed by atoms with E-state index in [1.54, 1.807) is 20.8 Å². The van der Waals surface area contributed by atoms with Crippen LogP contribution >= 0.6 is 0 Å². The van der Waals surface area contributed by atoms with Gasteiger partial charge in [-0.05, 0) is 74.2 Å². The first-order valence-corrected chi connectivity index (χ1v) is 22.0. The maximum Gasteiger partial charge on any atom is 0.345 e. The normalized spacial score (nSPS) is 37.6. The molecule has 8 rings (SSSR count). The molecule has 5 aliphatic rings. The molecular formula is C47H59NO18. The summed E-state index contributed by atoms with van der Waals surface area (Å²) in [6.45, 7) is 10.3. The van der Waals surface area contributed by atoms with Gasteiger partial charge >= 0.3 is 5.97 Å². The van der Waals surface area contributed by atoms with E-state index >= 15 is 4.79 Å². The number of aliphatic hydroxyl groups excluding tert-OH is 3. The van der Waals surface area contributed by atoms with Gasteiger partial charge in [0.1, 0.15) is 53.7 Å². The number of methoxy groups -OCH3 is 3. The Bertz CT molecular complexity index is 2510. The number of likely N-dealkylation sites (N-methyl/N-ethyl adjacent to an activating group) is 1. The van der Waals surface area contributed by atoms with E-state index in [2.05, 4.69) is 0 Å². The molecule has 0 saturated carbocycles. The maximum absolute atomic E-state index is 15.1. The van der Waals surface area contributed by atoms with Crippen LogP contribution in [-0.4, -0.2) is 162 Å². The summed E-state index contributed by atoms with van der Waals surface area (Å²) in [5, 5.41) is 57.3. The number of ketones is 2. The average molecular weight is 926 g/mol. The molecule has 4 fully saturated rings. The van der Waals surface area contributed by atoms with Crippen molar-refractivity contribution >= 4 is 28.5 Å². The van der Waals surface area contributed by atoms with Gasteiger partial charge < -0.3 is 72.7 Å². The van der Waals surface area contributed by atoms with Gasteiger partial charge in [0.2, 0.25) is 11.4 Å². The number of epoxide rings is 1. The molecule has 2 aromatic carbocycles. The first-order valence-electron chi connectivity index (χ1n) is 22.0. The van der Waals surface area contributed by atoms with Crippen molar-refractivity contribution in [2.45, 2.75) is 151 Å². The van der Waals surface area contributed by atoms with E-state index in [9.17, 15) is 39.9 Å². The molecule has 360 valence electrons. The highest BCUT2D eigenvalue weighted by Gasteiger charge is 2.60. The number of carbonyl (C=O) groups is 3. The van der Waals surface area contributed by atoms with Crippen molar-refractivity contribution in [2.75, 3.05) is 35.4 Å². The second kappa shape index (κ2) is 17.1. The lowest BCUT2D eigenvalue weighted by Crippen LogP contribution is -2.65. The maximum atomic E-state index is 15.1. The van der Waals surface area contributed by atoms with Crippen molar-refractivity contribution in [2.24, 2.45) is 0 Å². The highest BCUT2D eigenvalue weighted by molar-refractivity contribution is 6.32. The number of hydrogen-bond acceptors (Lipinski definition) is 19. The van der Waals surface area contributed by atoms with Gasteiger partial charge in [0, 0.05) is 54.5 Å². The van der Waals surface area contributed by atoms with E-state index in [4.69, 9.17) is 42.3 Å². The van der Waals surface area contributed by atoms with Crippen LogP contribution in [0.5, 0.6) is 5.75 Å². The lowest BCUT2D eigenvalue weighted by molar-refractivity contribution is -0.300. The number of ether oxygens (including phenoxy) is 8. The Kier molecular flexibility index (Phi) is 12.5. The van der Waals surface area contributed by atoms with Crippen LogP contribution in [0.15, 0.2) is 33.5 Å². The quantitative estimate of drug-likeness (QED) is 0.112. The Labute approximate surface area is 380 Å². The van der Waals surface area contributed by atoms with Gasteiger partial charge in [0.15, 0.2) is 23.1 Å². The SMILES string of the molecule is COC(=O)[C@@](O)(c1cc2c(c3oc(C4(C)OC4C)cc(=O)c13)C(=O)c1c(ccc([C@H]3C[C@](C)(N(C)C)[C@H](O[C@@H]4C[C@H](OC)[C@H](O)[C@@H](C)O4)[C@H](C)O3)c1O)C2=O)C1O[C@H](C)[C@@H](O)[C@@H](OC)[C@@H]1O. The summed E-state index contributed by atoms with van der Waals surface area (Å²) in [5.41, 5.74) is -8.32. The molecule has 19 heteroatoms. The zero-order chi connectivity index (χ0) is 48.3. The van der Waals surface area contributed by atoms with Crippen LogP contribution in [0.25, 0.3) is 11.0 Å². The van der Waals surface area contributed by atoms with Gasteiger partial charge in [0.05, 0.1) is 60.2 Å². The molecule has 0 amide bonds. The van der Waals surface area contributed by atoms with Crippen molar-refractivity contribution < 1.29 is 82.2 Å². The number of fused-ring (bicyclic) bond motifs is 4. The summed E-state index contributed by atoms with van der Waals surface area (Å²) >= 11 is 0. The Morgan fingerprint density at radius 2 is 1.52 bits per heavy atom. The second-order valence-electron chi connectivity index (χ2n) is 18.8. The van der Waals surface area contributed by atoms with E-state index in [0.717, 1.165) is 19.2 Å². The number of hydrogen-bond donors (Lipinski definition) is 5. The number of aromatic hydroxyl groups is 1. The van der Waals surface area contributed by atoms with Crippen LogP contribution in [0.1, 0.15) is 109 Å². The number of benzene rings is 2. The van der Waals surface area contributed by atoms with E-state index in [1.807, 2.05) is 32.8 Å². The van der Waals surface area contributed by atoms with Crippen LogP contribution in [0.4, 0.5) is 0 Å². The Hall–Kier alpha value is -4.22. The molecule has 0 bridgehead atoms. The monoisotopic (exact) mass is 925 g/mol. The second-order valence-corrected chi connectivity index (χ2v) is 18.8. The van der Waals surface area contributed by atoms with Crippen LogP contribution in [-0.2, 0) is 53.9 Å². The molecule has 19 nitrogen and oxygen atoms in total. The summed E-state index contributed by atoms with van der Waals surface area (Å²) < 4.78 is 53.2. The molecule has 1 aliphatic carbocycles. The minimum atomic E-state index is -3.10. The van der Waals surface area contributed by atoms with Crippen molar-refractivity contribution in [3.8, 4) is 5.75 Å². The standard InChI is InChI=1S/C47H59NO18/c1-18-34(50)27(58-9)16-30(62-18)65-42-20(3)61-28(17-45(42,5)48(7)8)22-12-13-23-31(37(22)53)38(54)32-24(36(23)52)14-25(33-26(49)15-29(64-40(32)33)46(6)21(4)66-46)47(57,44(56)60-11)43-39(55)41(59-10)35(51)19(2)63-43/h12-15,18-21,27-28,30,34-35,39,41-43,50-51,53,55,57H,16-17H2,1-11H3/t18-,19-,20+,21?,27+,28-,30-,34-,35-,39+,41-,42-,43?,45+,46?,47-/m1/s1. The Balaban J connectivity index is 1.25. The third kappa shape index (κ3) is 7.25. The minimum Gasteiger partial charge on any atom is -0.507 e. The zero-order valence-corrected chi connectivity index (χ0v) is 38.7. The predicted octanol–water partition coefficient (Wildman–Crippen LogP) is 1.86. The van der Waals surface area contributed by atoms with Gasteiger partial charge in [-0.3, -0.25) is 14.4 Å². The first kappa shape index (κ1) is 48.2. The van der Waals surface area contributed by atoms with Gasteiger partial charge in [-0.25, -0.2) is 4.79 Å². The number of rotatable bonds is 10. The zero-order valence-electron chi connectivity index (χ0n) is 38.7. The molecular weight excluding hydrogens is 867 g/mol. The summed E-state index contributed by atoms with van der Waals surface area (Å²) in [7, 11) is 7.41. The third-order valence-electron chi connectivity index (χ3n) is 14.8. The van der Waals surface area contributed by atoms with Crippen molar-refractivity contribution in [3.05, 3.63) is 73.6 Å². The summed E-state index contributed by atoms with van der Waals surface area (Å²) in [4.78, 5) is 60.5. The molecule has 4 saturated heterocycles. The van der Waals surface area contributed by atoms with Crippen molar-refractivity contribution in [1.29, 1.82) is 0 Å². The van der Waals surface area contributed by atoms with Crippen LogP contribution in [0, 0.1) is 0 Å². The van der Waals surface area contributed by atoms with E-state index in [0.29, 0.717) is 0 Å². The van der Waals surface area contributed by atoms with Crippen LogP contribution < -0.4 is 5.43 Å². The molecule has 5 N–H and O–H groups in total. The molecule has 4 aliphatic heterocycles. The molecule has 5 heterocycles. The largest absolute Gasteiger partial charge is 0.507 e. The lowest BCUT2D eigenvalue weighted by Gasteiger charge is -2.52. The third-order valence-corrected chi connectivity index (χ3v) is 14.8. The fourth-order valence-corrected chi connectivity index (χ4v) is 10.4. The van der Waals surface area contributed by atoms with Crippen molar-refractivity contribution in [1.82, 2.24) is 4.90 Å². The fourth-order valence-electron chi connectivity index (χ4n) is 10.4. The molecule has 0 radical (unpaired) electrons. The highest BCUT2D eigenvalue weighted by atomic mass is 16.7. The first-order chi connectivity index (χ1) is 31.0. The molecule has 3 aromatic rings. The van der Waals surface area contributed by atoms with Crippen molar-refractivity contribution in [3.63, 3.8) is 0 Å². The summed E-state index contributed by atoms with van der Waals surface area (Å²) in [6, 6.07) is 4.93. The Morgan fingerprint density at radius 3 is 2.12 bits per heavy atom. The molecule has 16 atom stereocenters. The number of esters is 1. The number of nitrogens with zero attached hydrogens (tertiary/aromatic N) is 1. The van der Waals surface area contributed by atoms with Gasteiger partial charge in [-0.1, -0.05) is 6.07 Å². The number of phenolic OH excluding ortho intramolecular Hbond substituents is 1. The number of carbonyl (C=O) groups excluding carboxylic acids is 3. The smallest absolute Gasteiger partial charge is 0.345 e. The van der Waals surface area contributed by atoms with E-state index in [-0.39, 0.29) is 29.7 Å². The minimum absolute atomic E-state index is 0.0334. The topological polar surface area (TPSA) is 263 Å². The lowest BCUT2D eigenvalue weighted by atomic mass is 9.74. The van der Waals surface area contributed by atoms with Crippen LogP contribution in [0.3, 0.4) is 0 Å². The molecule has 0 spiro atoms. The number of phenols is 1. The predicted molar refractivity (Wildman–Crippen MR) is 229 cm³/mol. The van der Waals surface area contributed by atoms with Gasteiger partial charge in [-0.2, -0.15) is 0 Å². The molecule has 3 unspecified atom stereocenters. The van der Waals surface area contributed by atoms with E-state index in [1.165, 1.54) is 33.3 Å². The Morgan fingerprint density at radius 1 is 0.848 bits per heavy atom. The summed E-state index contributed by atoms with van der Waals surface area (Å²) in [5.74, 6) is -3.77. The van der Waals surface area contributed by atoms with Crippen LogP contribution in [0.2, 0.25) is 0 Å². The summed E-state index contributed by atoms with van der Waals surface area (Å²) in [6.07, 6.45) is -12.6. The highest BCUT2D eigenvalue weighted by Crippen LogP contribution is 2.50. The average Bonchev–Trinajstić information content (AvgIpc) is 3.91. The van der Waals surface area contributed by atoms with Gasteiger partial charge in [0.25, 0.3) is 0 Å². The number of aliphatic hydroxyl groups is 4. The molecule has 1 aromatic heterocycles. The van der Waals surface area contributed by atoms with E-state index < -0.39 is 158 Å².